The van der Waals surface area contributed by atoms with E-state index in [1.54, 1.807) is 6.92 Å². The lowest BCUT2D eigenvalue weighted by molar-refractivity contribution is -0.137. The zero-order chi connectivity index (χ0) is 15.5. The number of aryl methyl sites for hydroxylation is 1. The molecule has 0 bridgehead atoms. The van der Waals surface area contributed by atoms with Crippen molar-refractivity contribution in [2.24, 2.45) is 0 Å². The van der Waals surface area contributed by atoms with Crippen molar-refractivity contribution in [3.05, 3.63) is 36.0 Å². The first-order valence-electron chi connectivity index (χ1n) is 8.19. The molecule has 1 fully saturated rings. The molecule has 1 aliphatic rings. The molecule has 1 amide bonds. The van der Waals surface area contributed by atoms with Crippen LogP contribution in [0.1, 0.15) is 38.2 Å². The number of aliphatic hydroxyl groups excluding tert-OH is 1. The molecule has 1 aromatic carbocycles. The summed E-state index contributed by atoms with van der Waals surface area (Å²) in [5, 5.41) is 11.1. The second-order valence-corrected chi connectivity index (χ2v) is 6.25. The van der Waals surface area contributed by atoms with Crippen molar-refractivity contribution in [3.8, 4) is 0 Å². The molecule has 2 atom stereocenters. The Morgan fingerprint density at radius 1 is 1.41 bits per heavy atom. The van der Waals surface area contributed by atoms with E-state index in [4.69, 9.17) is 0 Å². The number of para-hydroxylation sites is 1. The van der Waals surface area contributed by atoms with Crippen molar-refractivity contribution >= 4 is 16.8 Å². The second-order valence-electron chi connectivity index (χ2n) is 6.25. The van der Waals surface area contributed by atoms with E-state index in [1.165, 1.54) is 10.9 Å². The Morgan fingerprint density at radius 3 is 3.05 bits per heavy atom. The molecule has 118 valence electrons. The van der Waals surface area contributed by atoms with Crippen LogP contribution in [0.2, 0.25) is 0 Å². The van der Waals surface area contributed by atoms with Gasteiger partial charge in [-0.2, -0.15) is 0 Å². The number of fused-ring (bicyclic) bond motifs is 1. The number of hydrogen-bond acceptors (Lipinski definition) is 2. The number of carbonyl (C=O) groups excluding carboxylic acids is 1. The quantitative estimate of drug-likeness (QED) is 0.912. The number of benzene rings is 1. The summed E-state index contributed by atoms with van der Waals surface area (Å²) in [5.41, 5.74) is 2.30. The van der Waals surface area contributed by atoms with E-state index in [0.717, 1.165) is 37.7 Å². The maximum absolute atomic E-state index is 12.5. The third-order valence-electron chi connectivity index (χ3n) is 4.71. The van der Waals surface area contributed by atoms with Gasteiger partial charge in [0.15, 0.2) is 0 Å². The first-order chi connectivity index (χ1) is 10.7. The average Bonchev–Trinajstić information content (AvgIpc) is 2.96. The van der Waals surface area contributed by atoms with E-state index in [-0.39, 0.29) is 11.9 Å². The van der Waals surface area contributed by atoms with Gasteiger partial charge >= 0.3 is 0 Å². The number of amides is 1. The predicted octanol–water partition coefficient (Wildman–Crippen LogP) is 2.86. The number of hydrogen-bond donors (Lipinski definition) is 2. The highest BCUT2D eigenvalue weighted by Gasteiger charge is 2.29. The fourth-order valence-corrected chi connectivity index (χ4v) is 3.49. The van der Waals surface area contributed by atoms with E-state index in [2.05, 4.69) is 17.1 Å². The Hall–Kier alpha value is -1.81. The van der Waals surface area contributed by atoms with Crippen molar-refractivity contribution < 1.29 is 9.90 Å². The molecule has 3 rings (SSSR count). The summed E-state index contributed by atoms with van der Waals surface area (Å²) < 4.78 is 0. The Bertz CT molecular complexity index is 647. The van der Waals surface area contributed by atoms with E-state index in [0.29, 0.717) is 6.42 Å². The molecule has 2 aromatic rings. The number of nitrogens with zero attached hydrogens (tertiary/aromatic N) is 1. The number of likely N-dealkylation sites (tertiary alicyclic amines) is 1. The lowest BCUT2D eigenvalue weighted by Gasteiger charge is -2.37. The molecule has 0 aliphatic carbocycles. The van der Waals surface area contributed by atoms with Crippen molar-refractivity contribution in [2.45, 2.75) is 51.2 Å². The van der Waals surface area contributed by atoms with Crippen LogP contribution in [0.25, 0.3) is 10.9 Å². The van der Waals surface area contributed by atoms with Gasteiger partial charge in [-0.15, -0.1) is 0 Å². The summed E-state index contributed by atoms with van der Waals surface area (Å²) in [6.45, 7) is 2.57. The molecule has 4 nitrogen and oxygen atoms in total. The molecular formula is C18H24N2O2. The van der Waals surface area contributed by atoms with E-state index >= 15 is 0 Å². The van der Waals surface area contributed by atoms with E-state index < -0.39 is 6.10 Å². The lowest BCUT2D eigenvalue weighted by Crippen LogP contribution is -2.48. The van der Waals surface area contributed by atoms with Crippen LogP contribution in [0, 0.1) is 0 Å². The Labute approximate surface area is 131 Å². The fourth-order valence-electron chi connectivity index (χ4n) is 3.49. The first kappa shape index (κ1) is 15.1. The third-order valence-corrected chi connectivity index (χ3v) is 4.71. The van der Waals surface area contributed by atoms with E-state index in [1.807, 2.05) is 23.2 Å². The van der Waals surface area contributed by atoms with Crippen LogP contribution in [-0.2, 0) is 11.2 Å². The minimum Gasteiger partial charge on any atom is -0.391 e. The van der Waals surface area contributed by atoms with Gasteiger partial charge in [0, 0.05) is 30.1 Å². The third kappa shape index (κ3) is 3.02. The summed E-state index contributed by atoms with van der Waals surface area (Å²) in [5.74, 6) is 0.163. The monoisotopic (exact) mass is 300 g/mol. The summed E-state index contributed by atoms with van der Waals surface area (Å²) >= 11 is 0. The Morgan fingerprint density at radius 2 is 2.23 bits per heavy atom. The standard InChI is InChI=1S/C18H24N2O2/c1-13(21)17-8-4-5-11-20(17)18(22)10-9-14-12-19-16-7-3-2-6-15(14)16/h2-3,6-7,12-13,17,19,21H,4-5,8-11H2,1H3. The zero-order valence-electron chi connectivity index (χ0n) is 13.1. The van der Waals surface area contributed by atoms with Crippen LogP contribution >= 0.6 is 0 Å². The number of H-pyrrole nitrogens is 1. The Balaban J connectivity index is 1.66. The SMILES string of the molecule is CC(O)C1CCCCN1C(=O)CCc1c[nH]c2ccccc12. The summed E-state index contributed by atoms with van der Waals surface area (Å²) in [4.78, 5) is 17.7. The minimum absolute atomic E-state index is 0.00998. The first-order valence-corrected chi connectivity index (χ1v) is 8.19. The largest absolute Gasteiger partial charge is 0.391 e. The van der Waals surface area contributed by atoms with Gasteiger partial charge in [-0.25, -0.2) is 0 Å². The molecule has 2 heterocycles. The molecule has 0 radical (unpaired) electrons. The maximum Gasteiger partial charge on any atom is 0.223 e. The average molecular weight is 300 g/mol. The van der Waals surface area contributed by atoms with Gasteiger partial charge in [-0.05, 0) is 44.2 Å². The normalized spacial score (nSPS) is 20.3. The number of nitrogens with one attached hydrogen (secondary N) is 1. The van der Waals surface area contributed by atoms with Crippen molar-refractivity contribution in [1.29, 1.82) is 0 Å². The molecule has 0 spiro atoms. The number of piperidine rings is 1. The van der Waals surface area contributed by atoms with Gasteiger partial charge in [-0.1, -0.05) is 18.2 Å². The van der Waals surface area contributed by atoms with Crippen molar-refractivity contribution in [1.82, 2.24) is 9.88 Å². The van der Waals surface area contributed by atoms with Crippen LogP contribution in [-0.4, -0.2) is 39.6 Å². The maximum atomic E-state index is 12.5. The molecule has 1 aromatic heterocycles. The summed E-state index contributed by atoms with van der Waals surface area (Å²) in [7, 11) is 0. The van der Waals surface area contributed by atoms with Crippen LogP contribution in [0.15, 0.2) is 30.5 Å². The predicted molar refractivity (Wildman–Crippen MR) is 87.7 cm³/mol. The van der Waals surface area contributed by atoms with E-state index in [9.17, 15) is 9.90 Å². The van der Waals surface area contributed by atoms with Crippen LogP contribution < -0.4 is 0 Å². The lowest BCUT2D eigenvalue weighted by atomic mass is 9.97. The van der Waals surface area contributed by atoms with Crippen LogP contribution in [0.3, 0.4) is 0 Å². The molecule has 4 heteroatoms. The summed E-state index contributed by atoms with van der Waals surface area (Å²) in [6, 6.07) is 8.16. The molecule has 1 aliphatic heterocycles. The van der Waals surface area contributed by atoms with Gasteiger partial charge in [0.25, 0.3) is 0 Å². The van der Waals surface area contributed by atoms with Crippen LogP contribution in [0.4, 0.5) is 0 Å². The summed E-state index contributed by atoms with van der Waals surface area (Å²) in [6.07, 6.45) is 5.86. The highest BCUT2D eigenvalue weighted by atomic mass is 16.3. The smallest absolute Gasteiger partial charge is 0.223 e. The zero-order valence-corrected chi connectivity index (χ0v) is 13.1. The number of carbonyl (C=O) groups is 1. The highest BCUT2D eigenvalue weighted by Crippen LogP contribution is 2.23. The van der Waals surface area contributed by atoms with Gasteiger partial charge in [0.1, 0.15) is 0 Å². The number of aromatic nitrogens is 1. The molecule has 2 unspecified atom stereocenters. The highest BCUT2D eigenvalue weighted by molar-refractivity contribution is 5.84. The molecule has 22 heavy (non-hydrogen) atoms. The minimum atomic E-state index is -0.447. The van der Waals surface area contributed by atoms with Gasteiger partial charge < -0.3 is 15.0 Å². The Kier molecular flexibility index (Phi) is 4.48. The van der Waals surface area contributed by atoms with Crippen molar-refractivity contribution in [3.63, 3.8) is 0 Å². The number of aliphatic hydroxyl groups is 1. The molecule has 2 N–H and O–H groups in total. The molecule has 0 saturated carbocycles. The van der Waals surface area contributed by atoms with Crippen molar-refractivity contribution in [2.75, 3.05) is 6.54 Å². The van der Waals surface area contributed by atoms with Gasteiger partial charge in [-0.3, -0.25) is 4.79 Å². The number of rotatable bonds is 4. The molecule has 1 saturated heterocycles. The molecular weight excluding hydrogens is 276 g/mol. The van der Waals surface area contributed by atoms with Crippen LogP contribution in [0.5, 0.6) is 0 Å². The number of aromatic amines is 1. The topological polar surface area (TPSA) is 56.3 Å². The second kappa shape index (κ2) is 6.53. The van der Waals surface area contributed by atoms with Gasteiger partial charge in [0.05, 0.1) is 12.1 Å². The van der Waals surface area contributed by atoms with Gasteiger partial charge in [0.2, 0.25) is 5.91 Å². The fraction of sp³-hybridized carbons (Fsp3) is 0.500.